The van der Waals surface area contributed by atoms with E-state index < -0.39 is 0 Å². The number of hydrogen-bond acceptors (Lipinski definition) is 2. The number of methoxy groups -OCH3 is 1. The molecule has 0 saturated carbocycles. The zero-order valence-corrected chi connectivity index (χ0v) is 11.8. The molecule has 0 amide bonds. The van der Waals surface area contributed by atoms with E-state index in [9.17, 15) is 4.79 Å². The highest BCUT2D eigenvalue weighted by molar-refractivity contribution is 5.94. The molecule has 0 heterocycles. The quantitative estimate of drug-likeness (QED) is 0.621. The van der Waals surface area contributed by atoms with Crippen LogP contribution < -0.4 is 0 Å². The number of ether oxygens (including phenoxy) is 1. The van der Waals surface area contributed by atoms with Crippen molar-refractivity contribution in [3.63, 3.8) is 0 Å². The normalized spacial score (nSPS) is 11.2. The number of carbonyl (C=O) groups excluding carboxylic acids is 1. The Labute approximate surface area is 119 Å². The third kappa shape index (κ3) is 3.82. The monoisotopic (exact) mass is 266 g/mol. The maximum Gasteiger partial charge on any atom is 0.334 e. The summed E-state index contributed by atoms with van der Waals surface area (Å²) < 4.78 is 4.87. The SMILES string of the molecule is COC(=O)/C(=C\c1ccccc1)Cc1ccc(C)cc1. The van der Waals surface area contributed by atoms with Crippen LogP contribution in [0.4, 0.5) is 0 Å². The molecule has 0 bridgehead atoms. The molecule has 0 aliphatic carbocycles. The van der Waals surface area contributed by atoms with Crippen LogP contribution in [0.15, 0.2) is 60.2 Å². The molecule has 0 spiro atoms. The van der Waals surface area contributed by atoms with Gasteiger partial charge in [-0.1, -0.05) is 60.2 Å². The summed E-state index contributed by atoms with van der Waals surface area (Å²) in [6.07, 6.45) is 2.45. The Morgan fingerprint density at radius 3 is 2.30 bits per heavy atom. The maximum absolute atomic E-state index is 11.9. The van der Waals surface area contributed by atoms with E-state index in [1.807, 2.05) is 67.6 Å². The third-order valence-electron chi connectivity index (χ3n) is 3.10. The molecule has 0 aromatic heterocycles. The molecule has 0 aliphatic heterocycles. The van der Waals surface area contributed by atoms with E-state index in [4.69, 9.17) is 4.74 Å². The van der Waals surface area contributed by atoms with Crippen molar-refractivity contribution in [3.05, 3.63) is 76.9 Å². The second-order valence-corrected chi connectivity index (χ2v) is 4.73. The molecule has 0 fully saturated rings. The van der Waals surface area contributed by atoms with Crippen molar-refractivity contribution in [2.45, 2.75) is 13.3 Å². The predicted octanol–water partition coefficient (Wildman–Crippen LogP) is 3.79. The third-order valence-corrected chi connectivity index (χ3v) is 3.10. The standard InChI is InChI=1S/C18H18O2/c1-14-8-10-16(11-9-14)13-17(18(19)20-2)12-15-6-4-3-5-7-15/h3-12H,13H2,1-2H3/b17-12-. The smallest absolute Gasteiger partial charge is 0.334 e. The summed E-state index contributed by atoms with van der Waals surface area (Å²) in [7, 11) is 1.41. The Hall–Kier alpha value is -2.35. The molecule has 0 aliphatic rings. The Balaban J connectivity index is 2.26. The Morgan fingerprint density at radius 2 is 1.70 bits per heavy atom. The van der Waals surface area contributed by atoms with E-state index in [1.165, 1.54) is 12.7 Å². The Kier molecular flexibility index (Phi) is 4.72. The molecule has 0 N–H and O–H groups in total. The lowest BCUT2D eigenvalue weighted by Crippen LogP contribution is -2.07. The van der Waals surface area contributed by atoms with E-state index in [2.05, 4.69) is 0 Å². The van der Waals surface area contributed by atoms with E-state index >= 15 is 0 Å². The van der Waals surface area contributed by atoms with Gasteiger partial charge < -0.3 is 4.74 Å². The first-order valence-electron chi connectivity index (χ1n) is 6.58. The van der Waals surface area contributed by atoms with Crippen LogP contribution in [0.5, 0.6) is 0 Å². The molecule has 2 rings (SSSR count). The van der Waals surface area contributed by atoms with Crippen LogP contribution in [0, 0.1) is 6.92 Å². The van der Waals surface area contributed by atoms with Gasteiger partial charge in [0, 0.05) is 12.0 Å². The summed E-state index contributed by atoms with van der Waals surface area (Å²) in [6, 6.07) is 18.0. The minimum Gasteiger partial charge on any atom is -0.466 e. The first-order chi connectivity index (χ1) is 9.69. The van der Waals surface area contributed by atoms with Gasteiger partial charge in [-0.3, -0.25) is 0 Å². The molecule has 0 unspecified atom stereocenters. The minimum absolute atomic E-state index is 0.283. The van der Waals surface area contributed by atoms with Gasteiger partial charge in [0.2, 0.25) is 0 Å². The average molecular weight is 266 g/mol. The van der Waals surface area contributed by atoms with Crippen molar-refractivity contribution in [2.24, 2.45) is 0 Å². The summed E-state index contributed by atoms with van der Waals surface area (Å²) in [6.45, 7) is 2.05. The van der Waals surface area contributed by atoms with Gasteiger partial charge in [-0.15, -0.1) is 0 Å². The number of benzene rings is 2. The summed E-state index contributed by atoms with van der Waals surface area (Å²) in [4.78, 5) is 11.9. The van der Waals surface area contributed by atoms with Crippen molar-refractivity contribution >= 4 is 12.0 Å². The second kappa shape index (κ2) is 6.71. The Morgan fingerprint density at radius 1 is 1.05 bits per heavy atom. The van der Waals surface area contributed by atoms with Crippen molar-refractivity contribution < 1.29 is 9.53 Å². The molecular formula is C18H18O2. The first kappa shape index (κ1) is 14.1. The second-order valence-electron chi connectivity index (χ2n) is 4.73. The van der Waals surface area contributed by atoms with Gasteiger partial charge in [0.1, 0.15) is 0 Å². The highest BCUT2D eigenvalue weighted by atomic mass is 16.5. The average Bonchev–Trinajstić information content (AvgIpc) is 2.49. The van der Waals surface area contributed by atoms with Gasteiger partial charge in [0.25, 0.3) is 0 Å². The lowest BCUT2D eigenvalue weighted by molar-refractivity contribution is -0.136. The molecule has 2 aromatic rings. The lowest BCUT2D eigenvalue weighted by atomic mass is 10.0. The van der Waals surface area contributed by atoms with E-state index in [1.54, 1.807) is 0 Å². The zero-order chi connectivity index (χ0) is 14.4. The van der Waals surface area contributed by atoms with Crippen LogP contribution in [-0.2, 0) is 16.0 Å². The fourth-order valence-electron chi connectivity index (χ4n) is 1.99. The number of aryl methyl sites for hydroxylation is 1. The van der Waals surface area contributed by atoms with Crippen LogP contribution in [0.2, 0.25) is 0 Å². The Bertz CT molecular complexity index is 595. The van der Waals surface area contributed by atoms with E-state index in [-0.39, 0.29) is 5.97 Å². The first-order valence-corrected chi connectivity index (χ1v) is 6.58. The molecule has 0 atom stereocenters. The molecule has 2 aromatic carbocycles. The minimum atomic E-state index is -0.283. The molecule has 20 heavy (non-hydrogen) atoms. The summed E-state index contributed by atoms with van der Waals surface area (Å²) >= 11 is 0. The highest BCUT2D eigenvalue weighted by Gasteiger charge is 2.10. The topological polar surface area (TPSA) is 26.3 Å². The summed E-state index contributed by atoms with van der Waals surface area (Å²) in [5, 5.41) is 0. The fourth-order valence-corrected chi connectivity index (χ4v) is 1.99. The molecule has 102 valence electrons. The van der Waals surface area contributed by atoms with Gasteiger partial charge in [0.15, 0.2) is 0 Å². The number of esters is 1. The van der Waals surface area contributed by atoms with E-state index in [0.717, 1.165) is 11.1 Å². The van der Waals surface area contributed by atoms with E-state index in [0.29, 0.717) is 12.0 Å². The van der Waals surface area contributed by atoms with Gasteiger partial charge >= 0.3 is 5.97 Å². The molecule has 0 radical (unpaired) electrons. The molecular weight excluding hydrogens is 248 g/mol. The van der Waals surface area contributed by atoms with Crippen LogP contribution in [0.3, 0.4) is 0 Å². The lowest BCUT2D eigenvalue weighted by Gasteiger charge is -2.06. The van der Waals surface area contributed by atoms with Gasteiger partial charge in [-0.25, -0.2) is 4.79 Å². The highest BCUT2D eigenvalue weighted by Crippen LogP contribution is 2.14. The van der Waals surface area contributed by atoms with Crippen LogP contribution in [-0.4, -0.2) is 13.1 Å². The van der Waals surface area contributed by atoms with Gasteiger partial charge in [0.05, 0.1) is 7.11 Å². The van der Waals surface area contributed by atoms with Crippen molar-refractivity contribution in [2.75, 3.05) is 7.11 Å². The fraction of sp³-hybridized carbons (Fsp3) is 0.167. The van der Waals surface area contributed by atoms with Crippen LogP contribution in [0.1, 0.15) is 16.7 Å². The van der Waals surface area contributed by atoms with Gasteiger partial charge in [-0.05, 0) is 24.1 Å². The zero-order valence-electron chi connectivity index (χ0n) is 11.8. The number of carbonyl (C=O) groups is 1. The predicted molar refractivity (Wildman–Crippen MR) is 81.3 cm³/mol. The van der Waals surface area contributed by atoms with Crippen molar-refractivity contribution in [1.82, 2.24) is 0 Å². The van der Waals surface area contributed by atoms with Gasteiger partial charge in [-0.2, -0.15) is 0 Å². The number of hydrogen-bond donors (Lipinski definition) is 0. The summed E-state index contributed by atoms with van der Waals surface area (Å²) in [5.41, 5.74) is 3.96. The summed E-state index contributed by atoms with van der Waals surface area (Å²) in [5.74, 6) is -0.283. The molecule has 2 heteroatoms. The largest absolute Gasteiger partial charge is 0.466 e. The number of rotatable bonds is 4. The van der Waals surface area contributed by atoms with Crippen molar-refractivity contribution in [1.29, 1.82) is 0 Å². The molecule has 0 saturated heterocycles. The van der Waals surface area contributed by atoms with Crippen LogP contribution >= 0.6 is 0 Å². The maximum atomic E-state index is 11.9. The van der Waals surface area contributed by atoms with Crippen molar-refractivity contribution in [3.8, 4) is 0 Å². The van der Waals surface area contributed by atoms with Crippen LogP contribution in [0.25, 0.3) is 6.08 Å². The molecule has 2 nitrogen and oxygen atoms in total.